The molecule has 20 heavy (non-hydrogen) atoms. The Labute approximate surface area is 129 Å². The van der Waals surface area contributed by atoms with Crippen molar-refractivity contribution in [3.8, 4) is 0 Å². The SMILES string of the molecule is COC(=O)c1ccc(/C=C(/CBr)C2CCCCC2)cc1. The molecule has 2 nitrogen and oxygen atoms in total. The second-order valence-corrected chi connectivity index (χ2v) is 5.86. The second-order valence-electron chi connectivity index (χ2n) is 5.30. The summed E-state index contributed by atoms with van der Waals surface area (Å²) in [6, 6.07) is 7.62. The van der Waals surface area contributed by atoms with Crippen LogP contribution in [0.15, 0.2) is 29.8 Å². The Kier molecular flexibility index (Phi) is 5.84. The largest absolute Gasteiger partial charge is 0.465 e. The lowest BCUT2D eigenvalue weighted by atomic mass is 9.84. The van der Waals surface area contributed by atoms with Crippen LogP contribution >= 0.6 is 15.9 Å². The maximum atomic E-state index is 11.4. The van der Waals surface area contributed by atoms with Crippen LogP contribution in [0.2, 0.25) is 0 Å². The van der Waals surface area contributed by atoms with Crippen molar-refractivity contribution in [2.45, 2.75) is 32.1 Å². The molecule has 108 valence electrons. The van der Waals surface area contributed by atoms with E-state index in [2.05, 4.69) is 22.0 Å². The van der Waals surface area contributed by atoms with Crippen molar-refractivity contribution >= 4 is 28.0 Å². The van der Waals surface area contributed by atoms with Gasteiger partial charge in [0.25, 0.3) is 0 Å². The fourth-order valence-corrected chi connectivity index (χ4v) is 3.41. The van der Waals surface area contributed by atoms with Gasteiger partial charge in [0.1, 0.15) is 0 Å². The number of rotatable bonds is 4. The maximum absolute atomic E-state index is 11.4. The van der Waals surface area contributed by atoms with E-state index in [4.69, 9.17) is 4.74 Å². The Morgan fingerprint density at radius 1 is 1.25 bits per heavy atom. The van der Waals surface area contributed by atoms with Crippen molar-refractivity contribution in [1.29, 1.82) is 0 Å². The highest BCUT2D eigenvalue weighted by Gasteiger charge is 2.17. The molecule has 0 spiro atoms. The van der Waals surface area contributed by atoms with Crippen molar-refractivity contribution in [2.75, 3.05) is 12.4 Å². The number of alkyl halides is 1. The molecule has 3 heteroatoms. The summed E-state index contributed by atoms with van der Waals surface area (Å²) in [6.07, 6.45) is 8.92. The molecule has 1 aliphatic rings. The van der Waals surface area contributed by atoms with Crippen LogP contribution in [-0.4, -0.2) is 18.4 Å². The molecule has 1 aromatic carbocycles. The summed E-state index contributed by atoms with van der Waals surface area (Å²) >= 11 is 3.62. The van der Waals surface area contributed by atoms with Crippen molar-refractivity contribution in [3.63, 3.8) is 0 Å². The first-order valence-corrected chi connectivity index (χ1v) is 8.31. The Morgan fingerprint density at radius 3 is 2.45 bits per heavy atom. The first-order chi connectivity index (χ1) is 9.74. The van der Waals surface area contributed by atoms with Gasteiger partial charge in [-0.2, -0.15) is 0 Å². The van der Waals surface area contributed by atoms with Crippen molar-refractivity contribution in [2.24, 2.45) is 5.92 Å². The molecule has 0 unspecified atom stereocenters. The third kappa shape index (κ3) is 3.95. The molecule has 1 fully saturated rings. The van der Waals surface area contributed by atoms with E-state index < -0.39 is 0 Å². The Bertz CT molecular complexity index is 470. The predicted molar refractivity (Wildman–Crippen MR) is 86.1 cm³/mol. The van der Waals surface area contributed by atoms with Gasteiger partial charge in [-0.3, -0.25) is 0 Å². The van der Waals surface area contributed by atoms with Crippen LogP contribution in [-0.2, 0) is 4.74 Å². The molecule has 1 saturated carbocycles. The number of hydrogen-bond donors (Lipinski definition) is 0. The van der Waals surface area contributed by atoms with Crippen LogP contribution in [0.25, 0.3) is 6.08 Å². The summed E-state index contributed by atoms with van der Waals surface area (Å²) in [6.45, 7) is 0. The van der Waals surface area contributed by atoms with Crippen LogP contribution in [0.5, 0.6) is 0 Å². The van der Waals surface area contributed by atoms with Crippen LogP contribution in [0.1, 0.15) is 48.0 Å². The number of esters is 1. The quantitative estimate of drug-likeness (QED) is 0.581. The van der Waals surface area contributed by atoms with Gasteiger partial charge in [-0.1, -0.05) is 59.0 Å². The first-order valence-electron chi connectivity index (χ1n) is 7.19. The van der Waals surface area contributed by atoms with E-state index in [9.17, 15) is 4.79 Å². The standard InChI is InChI=1S/C17H21BrO2/c1-20-17(19)15-9-7-13(8-10-15)11-16(12-18)14-5-3-2-4-6-14/h7-11,14H,2-6,12H2,1H3/b16-11-. The fourth-order valence-electron chi connectivity index (χ4n) is 2.79. The summed E-state index contributed by atoms with van der Waals surface area (Å²) in [7, 11) is 1.40. The van der Waals surface area contributed by atoms with Gasteiger partial charge < -0.3 is 4.74 Å². The van der Waals surface area contributed by atoms with Gasteiger partial charge >= 0.3 is 5.97 Å². The summed E-state index contributed by atoms with van der Waals surface area (Å²) in [4.78, 5) is 11.4. The molecule has 2 rings (SSSR count). The molecular weight excluding hydrogens is 316 g/mol. The number of methoxy groups -OCH3 is 1. The monoisotopic (exact) mass is 336 g/mol. The van der Waals surface area contributed by atoms with Crippen LogP contribution < -0.4 is 0 Å². The number of allylic oxidation sites excluding steroid dienone is 1. The minimum Gasteiger partial charge on any atom is -0.465 e. The molecule has 0 heterocycles. The van der Waals surface area contributed by atoms with Gasteiger partial charge in [-0.25, -0.2) is 4.79 Å². The van der Waals surface area contributed by atoms with Gasteiger partial charge in [-0.05, 0) is 36.5 Å². The first kappa shape index (κ1) is 15.3. The highest BCUT2D eigenvalue weighted by atomic mass is 79.9. The van der Waals surface area contributed by atoms with Crippen LogP contribution in [0.4, 0.5) is 0 Å². The highest BCUT2D eigenvalue weighted by Crippen LogP contribution is 2.31. The molecule has 0 radical (unpaired) electrons. The summed E-state index contributed by atoms with van der Waals surface area (Å²) in [5.41, 5.74) is 3.22. The topological polar surface area (TPSA) is 26.3 Å². The van der Waals surface area contributed by atoms with E-state index in [1.807, 2.05) is 24.3 Å². The third-order valence-corrected chi connectivity index (χ3v) is 4.62. The molecule has 0 N–H and O–H groups in total. The average molecular weight is 337 g/mol. The van der Waals surface area contributed by atoms with Crippen LogP contribution in [0.3, 0.4) is 0 Å². The van der Waals surface area contributed by atoms with E-state index in [-0.39, 0.29) is 5.97 Å². The molecule has 0 aromatic heterocycles. The fraction of sp³-hybridized carbons (Fsp3) is 0.471. The lowest BCUT2D eigenvalue weighted by Gasteiger charge is -2.23. The third-order valence-electron chi connectivity index (χ3n) is 3.97. The van der Waals surface area contributed by atoms with Gasteiger partial charge in [-0.15, -0.1) is 0 Å². The average Bonchev–Trinajstić information content (AvgIpc) is 2.53. The maximum Gasteiger partial charge on any atom is 0.337 e. The normalized spacial score (nSPS) is 17.0. The predicted octanol–water partition coefficient (Wildman–Crippen LogP) is 4.83. The number of carbonyl (C=O) groups excluding carboxylic acids is 1. The number of ether oxygens (including phenoxy) is 1. The lowest BCUT2D eigenvalue weighted by molar-refractivity contribution is 0.0601. The zero-order chi connectivity index (χ0) is 14.4. The molecule has 0 amide bonds. The van der Waals surface area contributed by atoms with Crippen LogP contribution in [0, 0.1) is 5.92 Å². The Balaban J connectivity index is 2.12. The molecular formula is C17H21BrO2. The molecule has 0 bridgehead atoms. The van der Waals surface area contributed by atoms with Crippen molar-refractivity contribution in [1.82, 2.24) is 0 Å². The van der Waals surface area contributed by atoms with Crippen molar-refractivity contribution in [3.05, 3.63) is 41.0 Å². The lowest BCUT2D eigenvalue weighted by Crippen LogP contribution is -2.10. The number of carbonyl (C=O) groups is 1. The molecule has 0 aliphatic heterocycles. The highest BCUT2D eigenvalue weighted by molar-refractivity contribution is 9.09. The summed E-state index contributed by atoms with van der Waals surface area (Å²) in [5, 5.41) is 0.927. The Morgan fingerprint density at radius 2 is 1.90 bits per heavy atom. The smallest absolute Gasteiger partial charge is 0.337 e. The minimum absolute atomic E-state index is 0.284. The van der Waals surface area contributed by atoms with E-state index in [0.29, 0.717) is 11.5 Å². The Hall–Kier alpha value is -1.09. The summed E-state index contributed by atoms with van der Waals surface area (Å²) in [5.74, 6) is 0.428. The van der Waals surface area contributed by atoms with E-state index in [1.54, 1.807) is 0 Å². The second kappa shape index (κ2) is 7.63. The number of hydrogen-bond acceptors (Lipinski definition) is 2. The summed E-state index contributed by atoms with van der Waals surface area (Å²) < 4.78 is 4.71. The number of halogens is 1. The zero-order valence-electron chi connectivity index (χ0n) is 11.9. The molecule has 0 atom stereocenters. The van der Waals surface area contributed by atoms with Crippen molar-refractivity contribution < 1.29 is 9.53 Å². The van der Waals surface area contributed by atoms with E-state index in [1.165, 1.54) is 44.8 Å². The number of benzene rings is 1. The van der Waals surface area contributed by atoms with Gasteiger partial charge in [0, 0.05) is 5.33 Å². The van der Waals surface area contributed by atoms with E-state index >= 15 is 0 Å². The zero-order valence-corrected chi connectivity index (χ0v) is 13.5. The molecule has 1 aliphatic carbocycles. The van der Waals surface area contributed by atoms with Gasteiger partial charge in [0.05, 0.1) is 12.7 Å². The van der Waals surface area contributed by atoms with E-state index in [0.717, 1.165) is 10.9 Å². The minimum atomic E-state index is -0.284. The molecule has 0 saturated heterocycles. The molecule has 1 aromatic rings. The van der Waals surface area contributed by atoms with Gasteiger partial charge in [0.2, 0.25) is 0 Å². The van der Waals surface area contributed by atoms with Gasteiger partial charge in [0.15, 0.2) is 0 Å².